The molecular formula is C37H38Cl2FN3O4S. The van der Waals surface area contributed by atoms with Gasteiger partial charge >= 0.3 is 0 Å². The molecule has 11 heteroatoms. The summed E-state index contributed by atoms with van der Waals surface area (Å²) in [6.45, 7) is 1.14. The summed E-state index contributed by atoms with van der Waals surface area (Å²) < 4.78 is 43.3. The Balaban J connectivity index is 1.57. The minimum atomic E-state index is -4.30. The van der Waals surface area contributed by atoms with Crippen molar-refractivity contribution in [1.82, 2.24) is 10.2 Å². The molecule has 1 atom stereocenters. The average Bonchev–Trinajstić information content (AvgIpc) is 3.08. The van der Waals surface area contributed by atoms with Gasteiger partial charge in [-0.15, -0.1) is 0 Å². The van der Waals surface area contributed by atoms with Crippen molar-refractivity contribution in [3.05, 3.63) is 130 Å². The standard InChI is InChI=1S/C37H38Cl2FN3O4S/c1-26-12-19-32(20-13-26)48(46,47)43(31-18-21-33(38)34(39)23-31)25-36(44)42(24-28-14-16-29(40)17-15-28)35(22-27-8-4-2-5-9-27)37(45)41-30-10-6-3-7-11-30/h2,4-5,8-9,12-21,23,30,35H,3,6-7,10-11,22,24-25H2,1H3,(H,41,45)/t35-/m1/s1. The number of nitrogens with one attached hydrogen (secondary N) is 1. The second-order valence-corrected chi connectivity index (χ2v) is 14.8. The number of hydrogen-bond donors (Lipinski definition) is 1. The normalized spacial score (nSPS) is 14.2. The molecule has 1 aliphatic carbocycles. The molecule has 0 radical (unpaired) electrons. The zero-order valence-electron chi connectivity index (χ0n) is 26.6. The van der Waals surface area contributed by atoms with E-state index in [9.17, 15) is 22.4 Å². The highest BCUT2D eigenvalue weighted by molar-refractivity contribution is 7.92. The molecule has 1 fully saturated rings. The SMILES string of the molecule is Cc1ccc(S(=O)(=O)N(CC(=O)N(Cc2ccc(F)cc2)[C@H](Cc2ccccc2)C(=O)NC2CCCCC2)c2ccc(Cl)c(Cl)c2)cc1. The summed E-state index contributed by atoms with van der Waals surface area (Å²) in [4.78, 5) is 30.2. The van der Waals surface area contributed by atoms with E-state index in [0.717, 1.165) is 47.5 Å². The maximum absolute atomic E-state index is 14.6. The Morgan fingerprint density at radius 2 is 1.52 bits per heavy atom. The molecule has 0 bridgehead atoms. The van der Waals surface area contributed by atoms with Crippen LogP contribution in [-0.4, -0.2) is 43.8 Å². The van der Waals surface area contributed by atoms with Gasteiger partial charge in [-0.3, -0.25) is 13.9 Å². The average molecular weight is 711 g/mol. The van der Waals surface area contributed by atoms with E-state index >= 15 is 0 Å². The van der Waals surface area contributed by atoms with Gasteiger partial charge in [0.05, 0.1) is 20.6 Å². The molecule has 1 N–H and O–H groups in total. The summed E-state index contributed by atoms with van der Waals surface area (Å²) in [7, 11) is -4.30. The summed E-state index contributed by atoms with van der Waals surface area (Å²) in [6.07, 6.45) is 4.98. The molecule has 1 aliphatic rings. The van der Waals surface area contributed by atoms with Crippen LogP contribution >= 0.6 is 23.2 Å². The first kappa shape index (κ1) is 35.4. The van der Waals surface area contributed by atoms with Crippen LogP contribution in [0.5, 0.6) is 0 Å². The zero-order chi connectivity index (χ0) is 34.3. The second-order valence-electron chi connectivity index (χ2n) is 12.1. The first-order chi connectivity index (χ1) is 23.0. The molecule has 0 unspecified atom stereocenters. The van der Waals surface area contributed by atoms with E-state index in [2.05, 4.69) is 5.32 Å². The highest BCUT2D eigenvalue weighted by Crippen LogP contribution is 2.31. The fourth-order valence-electron chi connectivity index (χ4n) is 5.89. The van der Waals surface area contributed by atoms with Crippen LogP contribution in [0.3, 0.4) is 0 Å². The number of carbonyl (C=O) groups excluding carboxylic acids is 2. The fraction of sp³-hybridized carbons (Fsp3) is 0.297. The molecule has 7 nitrogen and oxygen atoms in total. The Morgan fingerprint density at radius 3 is 2.17 bits per heavy atom. The van der Waals surface area contributed by atoms with Crippen molar-refractivity contribution >= 4 is 50.7 Å². The first-order valence-corrected chi connectivity index (χ1v) is 18.1. The highest BCUT2D eigenvalue weighted by atomic mass is 35.5. The number of carbonyl (C=O) groups is 2. The van der Waals surface area contributed by atoms with Gasteiger partial charge in [-0.1, -0.05) is 103 Å². The Morgan fingerprint density at radius 1 is 0.854 bits per heavy atom. The van der Waals surface area contributed by atoms with Gasteiger partial charge in [0.25, 0.3) is 10.0 Å². The number of anilines is 1. The molecule has 0 heterocycles. The Bertz CT molecular complexity index is 1820. The van der Waals surface area contributed by atoms with Crippen molar-refractivity contribution in [1.29, 1.82) is 0 Å². The molecule has 48 heavy (non-hydrogen) atoms. The van der Waals surface area contributed by atoms with E-state index < -0.39 is 34.3 Å². The number of hydrogen-bond acceptors (Lipinski definition) is 4. The van der Waals surface area contributed by atoms with Crippen molar-refractivity contribution in [3.8, 4) is 0 Å². The van der Waals surface area contributed by atoms with Crippen LogP contribution in [0.2, 0.25) is 10.0 Å². The van der Waals surface area contributed by atoms with E-state index in [1.807, 2.05) is 37.3 Å². The van der Waals surface area contributed by atoms with Gasteiger partial charge in [0.15, 0.2) is 0 Å². The fourth-order valence-corrected chi connectivity index (χ4v) is 7.59. The number of nitrogens with zero attached hydrogens (tertiary/aromatic N) is 2. The third-order valence-electron chi connectivity index (χ3n) is 8.57. The van der Waals surface area contributed by atoms with Gasteiger partial charge in [0.1, 0.15) is 18.4 Å². The summed E-state index contributed by atoms with van der Waals surface area (Å²) in [6, 6.07) is 24.6. The Labute approximate surface area is 291 Å². The Kier molecular flexibility index (Phi) is 11.8. The topological polar surface area (TPSA) is 86.8 Å². The zero-order valence-corrected chi connectivity index (χ0v) is 28.9. The third-order valence-corrected chi connectivity index (χ3v) is 11.1. The molecule has 5 rings (SSSR count). The van der Waals surface area contributed by atoms with E-state index in [1.165, 1.54) is 47.4 Å². The summed E-state index contributed by atoms with van der Waals surface area (Å²) in [5, 5.41) is 3.51. The van der Waals surface area contributed by atoms with Crippen LogP contribution < -0.4 is 9.62 Å². The monoisotopic (exact) mass is 709 g/mol. The van der Waals surface area contributed by atoms with Gasteiger partial charge in [-0.25, -0.2) is 12.8 Å². The smallest absolute Gasteiger partial charge is 0.264 e. The van der Waals surface area contributed by atoms with Crippen molar-refractivity contribution in [2.24, 2.45) is 0 Å². The van der Waals surface area contributed by atoms with Crippen molar-refractivity contribution < 1.29 is 22.4 Å². The predicted molar refractivity (Wildman–Crippen MR) is 188 cm³/mol. The lowest BCUT2D eigenvalue weighted by molar-refractivity contribution is -0.140. The van der Waals surface area contributed by atoms with Gasteiger partial charge in [-0.05, 0) is 73.4 Å². The number of aryl methyl sites for hydroxylation is 1. The van der Waals surface area contributed by atoms with Gasteiger partial charge in [0, 0.05) is 19.0 Å². The summed E-state index contributed by atoms with van der Waals surface area (Å²) in [5.41, 5.74) is 2.40. The number of benzene rings is 4. The van der Waals surface area contributed by atoms with Gasteiger partial charge < -0.3 is 10.2 Å². The number of amides is 2. The van der Waals surface area contributed by atoms with E-state index in [4.69, 9.17) is 23.2 Å². The van der Waals surface area contributed by atoms with Crippen LogP contribution in [0.25, 0.3) is 0 Å². The van der Waals surface area contributed by atoms with Crippen LogP contribution in [0.1, 0.15) is 48.8 Å². The van der Waals surface area contributed by atoms with Crippen molar-refractivity contribution in [3.63, 3.8) is 0 Å². The van der Waals surface area contributed by atoms with Crippen LogP contribution in [0.15, 0.2) is 102 Å². The molecule has 0 aromatic heterocycles. The predicted octanol–water partition coefficient (Wildman–Crippen LogP) is 7.73. The molecule has 4 aromatic rings. The quantitative estimate of drug-likeness (QED) is 0.163. The maximum atomic E-state index is 14.6. The van der Waals surface area contributed by atoms with Crippen LogP contribution in [0.4, 0.5) is 10.1 Å². The van der Waals surface area contributed by atoms with E-state index in [0.29, 0.717) is 5.56 Å². The van der Waals surface area contributed by atoms with E-state index in [1.54, 1.807) is 24.3 Å². The lowest BCUT2D eigenvalue weighted by Crippen LogP contribution is -2.55. The molecule has 1 saturated carbocycles. The first-order valence-electron chi connectivity index (χ1n) is 15.9. The Hall–Kier alpha value is -3.92. The molecule has 252 valence electrons. The summed E-state index contributed by atoms with van der Waals surface area (Å²) >= 11 is 12.5. The second kappa shape index (κ2) is 16.0. The number of rotatable bonds is 12. The molecular weight excluding hydrogens is 672 g/mol. The summed E-state index contributed by atoms with van der Waals surface area (Å²) in [5.74, 6) is -1.40. The van der Waals surface area contributed by atoms with Crippen molar-refractivity contribution in [2.45, 2.75) is 69.0 Å². The largest absolute Gasteiger partial charge is 0.352 e. The van der Waals surface area contributed by atoms with Crippen LogP contribution in [0, 0.1) is 12.7 Å². The van der Waals surface area contributed by atoms with Crippen molar-refractivity contribution in [2.75, 3.05) is 10.8 Å². The number of sulfonamides is 1. The minimum Gasteiger partial charge on any atom is -0.352 e. The maximum Gasteiger partial charge on any atom is 0.264 e. The lowest BCUT2D eigenvalue weighted by Gasteiger charge is -2.35. The molecule has 4 aromatic carbocycles. The third kappa shape index (κ3) is 8.95. The van der Waals surface area contributed by atoms with E-state index in [-0.39, 0.29) is 45.5 Å². The lowest BCUT2D eigenvalue weighted by atomic mass is 9.94. The minimum absolute atomic E-state index is 0.0204. The molecule has 2 amide bonds. The number of halogens is 3. The van der Waals surface area contributed by atoms with Gasteiger partial charge in [0.2, 0.25) is 11.8 Å². The highest BCUT2D eigenvalue weighted by Gasteiger charge is 2.35. The van der Waals surface area contributed by atoms with Gasteiger partial charge in [-0.2, -0.15) is 0 Å². The molecule has 0 saturated heterocycles. The molecule has 0 aliphatic heterocycles. The molecule has 0 spiro atoms. The van der Waals surface area contributed by atoms with Crippen LogP contribution in [-0.2, 0) is 32.6 Å².